The molecule has 2 N–H and O–H groups in total. The number of phenols is 1. The minimum Gasteiger partial charge on any atom is -0.507 e. The number of nitrogens with one attached hydrogen (secondary N) is 1. The van der Waals surface area contributed by atoms with E-state index in [1.807, 2.05) is 6.92 Å². The van der Waals surface area contributed by atoms with E-state index in [1.54, 1.807) is 14.0 Å². The molecule has 1 atom stereocenters. The van der Waals surface area contributed by atoms with Gasteiger partial charge in [-0.1, -0.05) is 0 Å². The van der Waals surface area contributed by atoms with Crippen molar-refractivity contribution < 1.29 is 19.1 Å². The van der Waals surface area contributed by atoms with Crippen molar-refractivity contribution in [2.24, 2.45) is 0 Å². The number of phenolic OH excluding ortho intramolecular Hbond substituents is 1. The number of aromatic hydroxyl groups is 1. The van der Waals surface area contributed by atoms with Crippen LogP contribution in [-0.2, 0) is 4.79 Å². The molecule has 0 aromatic heterocycles. The highest BCUT2D eigenvalue weighted by Gasteiger charge is 2.20. The van der Waals surface area contributed by atoms with Crippen LogP contribution in [0, 0.1) is 5.82 Å². The lowest BCUT2D eigenvalue weighted by atomic mass is 10.1. The Balaban J connectivity index is 2.77. The van der Waals surface area contributed by atoms with Gasteiger partial charge in [0.15, 0.2) is 0 Å². The molecule has 2 amide bonds. The lowest BCUT2D eigenvalue weighted by Crippen LogP contribution is -2.45. The normalized spacial score (nSPS) is 11.8. The number of hydrogen-bond acceptors (Lipinski definition) is 3. The van der Waals surface area contributed by atoms with E-state index in [4.69, 9.17) is 0 Å². The van der Waals surface area contributed by atoms with Gasteiger partial charge in [0, 0.05) is 19.7 Å². The summed E-state index contributed by atoms with van der Waals surface area (Å²) >= 11 is 0. The van der Waals surface area contributed by atoms with Gasteiger partial charge >= 0.3 is 0 Å². The van der Waals surface area contributed by atoms with Gasteiger partial charge in [-0.25, -0.2) is 4.39 Å². The van der Waals surface area contributed by atoms with Crippen molar-refractivity contribution in [2.45, 2.75) is 19.9 Å². The number of nitrogens with zero attached hydrogens (tertiary/aromatic N) is 1. The van der Waals surface area contributed by atoms with Crippen LogP contribution in [0.3, 0.4) is 0 Å². The van der Waals surface area contributed by atoms with E-state index in [0.717, 1.165) is 12.1 Å². The summed E-state index contributed by atoms with van der Waals surface area (Å²) in [7, 11) is 1.63. The zero-order valence-corrected chi connectivity index (χ0v) is 11.1. The van der Waals surface area contributed by atoms with E-state index >= 15 is 0 Å². The predicted molar refractivity (Wildman–Crippen MR) is 68.3 cm³/mol. The first-order chi connectivity index (χ1) is 8.86. The number of rotatable bonds is 4. The quantitative estimate of drug-likeness (QED) is 0.860. The van der Waals surface area contributed by atoms with Crippen molar-refractivity contribution >= 4 is 11.8 Å². The van der Waals surface area contributed by atoms with Gasteiger partial charge in [-0.15, -0.1) is 0 Å². The Labute approximate surface area is 111 Å². The Hall–Kier alpha value is -2.11. The van der Waals surface area contributed by atoms with Crippen molar-refractivity contribution in [1.29, 1.82) is 0 Å². The third kappa shape index (κ3) is 3.67. The lowest BCUT2D eigenvalue weighted by molar-refractivity contribution is -0.131. The summed E-state index contributed by atoms with van der Waals surface area (Å²) in [5, 5.41) is 11.9. The average Bonchev–Trinajstić information content (AvgIpc) is 2.36. The number of carbonyl (C=O) groups is 2. The topological polar surface area (TPSA) is 69.6 Å². The summed E-state index contributed by atoms with van der Waals surface area (Å²) in [6.07, 6.45) is 0. The van der Waals surface area contributed by atoms with Crippen LogP contribution in [0.25, 0.3) is 0 Å². The van der Waals surface area contributed by atoms with E-state index in [0.29, 0.717) is 6.54 Å². The second-order valence-electron chi connectivity index (χ2n) is 4.21. The Morgan fingerprint density at radius 2 is 2.11 bits per heavy atom. The second-order valence-corrected chi connectivity index (χ2v) is 4.21. The maximum absolute atomic E-state index is 12.8. The Morgan fingerprint density at radius 1 is 1.47 bits per heavy atom. The van der Waals surface area contributed by atoms with Gasteiger partial charge in [0.25, 0.3) is 5.91 Å². The van der Waals surface area contributed by atoms with Crippen LogP contribution in [0.15, 0.2) is 18.2 Å². The molecule has 104 valence electrons. The molecule has 5 nitrogen and oxygen atoms in total. The molecule has 0 heterocycles. The average molecular weight is 268 g/mol. The maximum Gasteiger partial charge on any atom is 0.255 e. The molecule has 0 radical (unpaired) electrons. The third-order valence-electron chi connectivity index (χ3n) is 2.77. The summed E-state index contributed by atoms with van der Waals surface area (Å²) in [5.41, 5.74) is -0.0693. The van der Waals surface area contributed by atoms with Crippen molar-refractivity contribution in [1.82, 2.24) is 10.2 Å². The lowest BCUT2D eigenvalue weighted by Gasteiger charge is -2.20. The molecule has 0 saturated heterocycles. The molecule has 0 saturated carbocycles. The second kappa shape index (κ2) is 6.17. The Bertz CT molecular complexity index is 491. The zero-order chi connectivity index (χ0) is 14.6. The van der Waals surface area contributed by atoms with Crippen LogP contribution in [0.2, 0.25) is 0 Å². The van der Waals surface area contributed by atoms with E-state index in [9.17, 15) is 19.1 Å². The fraction of sp³-hybridized carbons (Fsp3) is 0.385. The van der Waals surface area contributed by atoms with Gasteiger partial charge in [-0.05, 0) is 26.0 Å². The number of likely N-dealkylation sites (N-methyl/N-ethyl adjacent to an activating group) is 1. The van der Waals surface area contributed by atoms with Crippen molar-refractivity contribution in [3.8, 4) is 5.75 Å². The first-order valence-corrected chi connectivity index (χ1v) is 5.91. The smallest absolute Gasteiger partial charge is 0.255 e. The molecular formula is C13H17FN2O3. The predicted octanol–water partition coefficient (Wildman–Crippen LogP) is 1.13. The van der Waals surface area contributed by atoms with Crippen molar-refractivity contribution in [2.75, 3.05) is 13.6 Å². The number of benzene rings is 1. The molecule has 0 unspecified atom stereocenters. The van der Waals surface area contributed by atoms with E-state index < -0.39 is 23.5 Å². The molecule has 0 fully saturated rings. The van der Waals surface area contributed by atoms with E-state index in [2.05, 4.69) is 5.32 Å². The molecule has 0 aliphatic heterocycles. The summed E-state index contributed by atoms with van der Waals surface area (Å²) in [4.78, 5) is 25.1. The minimum absolute atomic E-state index is 0.0693. The van der Waals surface area contributed by atoms with Crippen LogP contribution < -0.4 is 5.32 Å². The maximum atomic E-state index is 12.8. The van der Waals surface area contributed by atoms with E-state index in [-0.39, 0.29) is 11.5 Å². The van der Waals surface area contributed by atoms with E-state index in [1.165, 1.54) is 11.0 Å². The molecule has 0 bridgehead atoms. The van der Waals surface area contributed by atoms with Crippen molar-refractivity contribution in [3.05, 3.63) is 29.6 Å². The van der Waals surface area contributed by atoms with Gasteiger partial charge in [0.05, 0.1) is 5.56 Å². The first kappa shape index (κ1) is 14.9. The molecule has 19 heavy (non-hydrogen) atoms. The molecule has 6 heteroatoms. The van der Waals surface area contributed by atoms with Crippen molar-refractivity contribution in [3.63, 3.8) is 0 Å². The molecule has 0 aliphatic carbocycles. The fourth-order valence-electron chi connectivity index (χ4n) is 1.52. The monoisotopic (exact) mass is 268 g/mol. The Kier molecular flexibility index (Phi) is 4.86. The molecular weight excluding hydrogens is 251 g/mol. The molecule has 1 aromatic carbocycles. The summed E-state index contributed by atoms with van der Waals surface area (Å²) in [6, 6.07) is 2.36. The summed E-state index contributed by atoms with van der Waals surface area (Å²) < 4.78 is 12.8. The molecule has 1 aromatic rings. The van der Waals surface area contributed by atoms with Crippen LogP contribution in [0.5, 0.6) is 5.75 Å². The highest BCUT2D eigenvalue weighted by Crippen LogP contribution is 2.17. The number of carbonyl (C=O) groups excluding carboxylic acids is 2. The first-order valence-electron chi connectivity index (χ1n) is 5.91. The zero-order valence-electron chi connectivity index (χ0n) is 11.1. The number of amides is 2. The van der Waals surface area contributed by atoms with Crippen LogP contribution >= 0.6 is 0 Å². The highest BCUT2D eigenvalue weighted by molar-refractivity contribution is 5.99. The highest BCUT2D eigenvalue weighted by atomic mass is 19.1. The third-order valence-corrected chi connectivity index (χ3v) is 2.77. The molecule has 1 rings (SSSR count). The van der Waals surface area contributed by atoms with Gasteiger partial charge in [0.1, 0.15) is 17.6 Å². The summed E-state index contributed by atoms with van der Waals surface area (Å²) in [6.45, 7) is 3.89. The van der Waals surface area contributed by atoms with Gasteiger partial charge < -0.3 is 15.3 Å². The van der Waals surface area contributed by atoms with Crippen LogP contribution in [0.4, 0.5) is 4.39 Å². The van der Waals surface area contributed by atoms with Gasteiger partial charge in [-0.3, -0.25) is 9.59 Å². The largest absolute Gasteiger partial charge is 0.507 e. The molecule has 0 aliphatic rings. The SMILES string of the molecule is CCN(C)C(=O)[C@H](C)NC(=O)c1ccc(F)cc1O. The standard InChI is InChI=1S/C13H17FN2O3/c1-4-16(3)13(19)8(2)15-12(18)10-6-5-9(14)7-11(10)17/h5-8,17H,4H2,1-3H3,(H,15,18)/t8-/m0/s1. The fourth-order valence-corrected chi connectivity index (χ4v) is 1.52. The minimum atomic E-state index is -0.720. The summed E-state index contributed by atoms with van der Waals surface area (Å²) in [5.74, 6) is -1.95. The van der Waals surface area contributed by atoms with Gasteiger partial charge in [0.2, 0.25) is 5.91 Å². The van der Waals surface area contributed by atoms with Crippen LogP contribution in [0.1, 0.15) is 24.2 Å². The number of hydrogen-bond donors (Lipinski definition) is 2. The molecule has 0 spiro atoms. The van der Waals surface area contributed by atoms with Crippen LogP contribution in [-0.4, -0.2) is 41.5 Å². The Morgan fingerprint density at radius 3 is 2.63 bits per heavy atom. The number of halogens is 1. The van der Waals surface area contributed by atoms with Gasteiger partial charge in [-0.2, -0.15) is 0 Å².